The number of halogens is 1. The molecule has 9 heteroatoms. The fourth-order valence-corrected chi connectivity index (χ4v) is 4.67. The zero-order valence-electron chi connectivity index (χ0n) is 17.0. The van der Waals surface area contributed by atoms with Gasteiger partial charge >= 0.3 is 6.09 Å². The van der Waals surface area contributed by atoms with Crippen molar-refractivity contribution < 1.29 is 23.5 Å². The molecular weight excluding hydrogens is 391 g/mol. The Labute approximate surface area is 174 Å². The van der Waals surface area contributed by atoms with Crippen LogP contribution in [0.2, 0.25) is 0 Å². The second-order valence-corrected chi connectivity index (χ2v) is 8.31. The lowest BCUT2D eigenvalue weighted by Gasteiger charge is -2.19. The number of hydrogen-bond acceptors (Lipinski definition) is 5. The number of ether oxygens (including phenoxy) is 1. The van der Waals surface area contributed by atoms with Gasteiger partial charge in [-0.05, 0) is 35.4 Å². The predicted molar refractivity (Wildman–Crippen MR) is 107 cm³/mol. The van der Waals surface area contributed by atoms with Gasteiger partial charge in [-0.15, -0.1) is 0 Å². The average Bonchev–Trinajstić information content (AvgIpc) is 3.03. The zero-order valence-corrected chi connectivity index (χ0v) is 17.0. The first-order chi connectivity index (χ1) is 14.4. The van der Waals surface area contributed by atoms with E-state index in [1.165, 1.54) is 11.0 Å². The number of carbonyl (C=O) groups excluding carboxylic acids is 3. The average molecular weight is 418 g/mol. The lowest BCUT2D eigenvalue weighted by Crippen LogP contribution is -2.34. The van der Waals surface area contributed by atoms with E-state index in [0.29, 0.717) is 42.5 Å². The van der Waals surface area contributed by atoms with Crippen LogP contribution in [0.15, 0.2) is 18.2 Å². The molecule has 3 N–H and O–H groups in total. The standard InChI is InChI=1S/C21H27FN4O4/c1-2-19(28)24-8-13-9-26(21(29)30-13)12-3-4-14(17(22)7-12)20-15-10-25(11-16(15)20)6-5-18(23)27/h3-4,7,13,15-16,20H,2,5-6,8-11H2,1H3,(H2,23,27)(H,24,28)/t13-,15-,16+,20?/m0/s1. The molecule has 2 heterocycles. The molecule has 3 aliphatic rings. The summed E-state index contributed by atoms with van der Waals surface area (Å²) < 4.78 is 20.1. The van der Waals surface area contributed by atoms with E-state index in [1.807, 2.05) is 0 Å². The van der Waals surface area contributed by atoms with Crippen LogP contribution in [0.4, 0.5) is 14.9 Å². The number of hydrogen-bond donors (Lipinski definition) is 2. The number of nitrogens with zero attached hydrogens (tertiary/aromatic N) is 2. The minimum Gasteiger partial charge on any atom is -0.442 e. The van der Waals surface area contributed by atoms with E-state index in [9.17, 15) is 18.8 Å². The molecule has 2 saturated heterocycles. The van der Waals surface area contributed by atoms with E-state index in [-0.39, 0.29) is 36.6 Å². The molecule has 1 unspecified atom stereocenters. The summed E-state index contributed by atoms with van der Waals surface area (Å²) in [7, 11) is 0. The molecule has 0 spiro atoms. The van der Waals surface area contributed by atoms with Gasteiger partial charge in [0.25, 0.3) is 0 Å². The summed E-state index contributed by atoms with van der Waals surface area (Å²) in [5.41, 5.74) is 6.35. The molecule has 0 aromatic heterocycles. The van der Waals surface area contributed by atoms with Crippen LogP contribution < -0.4 is 16.0 Å². The molecular formula is C21H27FN4O4. The van der Waals surface area contributed by atoms with Gasteiger partial charge in [0, 0.05) is 32.5 Å². The van der Waals surface area contributed by atoms with Crippen LogP contribution in [0.25, 0.3) is 0 Å². The van der Waals surface area contributed by atoms with Crippen LogP contribution in [0.5, 0.6) is 0 Å². The van der Waals surface area contributed by atoms with Crippen molar-refractivity contribution in [2.75, 3.05) is 37.6 Å². The number of primary amides is 1. The third kappa shape index (κ3) is 4.12. The molecule has 0 radical (unpaired) electrons. The van der Waals surface area contributed by atoms with Crippen LogP contribution in [0.3, 0.4) is 0 Å². The maximum atomic E-state index is 14.9. The van der Waals surface area contributed by atoms with Gasteiger partial charge in [-0.3, -0.25) is 14.5 Å². The largest absolute Gasteiger partial charge is 0.442 e. The van der Waals surface area contributed by atoms with Crippen LogP contribution >= 0.6 is 0 Å². The van der Waals surface area contributed by atoms with Crippen molar-refractivity contribution in [3.8, 4) is 0 Å². The lowest BCUT2D eigenvalue weighted by molar-refractivity contribution is -0.121. The molecule has 1 aromatic carbocycles. The topological polar surface area (TPSA) is 105 Å². The number of likely N-dealkylation sites (tertiary alicyclic amines) is 1. The number of anilines is 1. The number of fused-ring (bicyclic) bond motifs is 1. The molecule has 1 saturated carbocycles. The SMILES string of the molecule is CCC(=O)NC[C@H]1CN(c2ccc(C3[C@H]4CN(CCC(N)=O)C[C@@H]34)c(F)c2)C(=O)O1. The van der Waals surface area contributed by atoms with Crippen molar-refractivity contribution in [1.82, 2.24) is 10.2 Å². The molecule has 162 valence electrons. The van der Waals surface area contributed by atoms with E-state index in [0.717, 1.165) is 13.1 Å². The first-order valence-electron chi connectivity index (χ1n) is 10.4. The minimum atomic E-state index is -0.536. The molecule has 30 heavy (non-hydrogen) atoms. The van der Waals surface area contributed by atoms with E-state index in [1.54, 1.807) is 19.1 Å². The first kappa shape index (κ1) is 20.6. The zero-order chi connectivity index (χ0) is 21.4. The lowest BCUT2D eigenvalue weighted by atomic mass is 10.0. The van der Waals surface area contributed by atoms with Crippen molar-refractivity contribution in [3.05, 3.63) is 29.6 Å². The number of amides is 3. The maximum Gasteiger partial charge on any atom is 0.414 e. The highest BCUT2D eigenvalue weighted by atomic mass is 19.1. The van der Waals surface area contributed by atoms with Crippen LogP contribution in [-0.4, -0.2) is 61.6 Å². The number of benzene rings is 1. The number of nitrogens with two attached hydrogens (primary N) is 1. The summed E-state index contributed by atoms with van der Waals surface area (Å²) in [5, 5.41) is 2.71. The highest BCUT2D eigenvalue weighted by Gasteiger charge is 2.56. The van der Waals surface area contributed by atoms with E-state index in [4.69, 9.17) is 10.5 Å². The normalized spacial score (nSPS) is 27.7. The van der Waals surface area contributed by atoms with Crippen LogP contribution in [0.1, 0.15) is 31.2 Å². The van der Waals surface area contributed by atoms with Crippen molar-refractivity contribution in [2.45, 2.75) is 31.8 Å². The number of nitrogens with one attached hydrogen (secondary N) is 1. The predicted octanol–water partition coefficient (Wildman–Crippen LogP) is 1.20. The summed E-state index contributed by atoms with van der Waals surface area (Å²) >= 11 is 0. The molecule has 3 amide bonds. The van der Waals surface area contributed by atoms with E-state index < -0.39 is 12.2 Å². The van der Waals surface area contributed by atoms with Crippen LogP contribution in [-0.2, 0) is 14.3 Å². The Bertz CT molecular complexity index is 851. The van der Waals surface area contributed by atoms with Gasteiger partial charge < -0.3 is 20.7 Å². The molecule has 8 nitrogen and oxygen atoms in total. The molecule has 1 aromatic rings. The van der Waals surface area contributed by atoms with Gasteiger partial charge in [0.2, 0.25) is 11.8 Å². The van der Waals surface area contributed by atoms with Gasteiger partial charge in [-0.25, -0.2) is 9.18 Å². The monoisotopic (exact) mass is 418 g/mol. The van der Waals surface area contributed by atoms with Gasteiger partial charge in [-0.2, -0.15) is 0 Å². The number of piperidine rings is 1. The molecule has 4 rings (SSSR count). The van der Waals surface area contributed by atoms with Crippen molar-refractivity contribution in [1.29, 1.82) is 0 Å². The third-order valence-electron chi connectivity index (χ3n) is 6.32. The number of rotatable bonds is 8. The molecule has 4 atom stereocenters. The second kappa shape index (κ2) is 8.22. The van der Waals surface area contributed by atoms with E-state index >= 15 is 0 Å². The molecule has 3 fully saturated rings. The van der Waals surface area contributed by atoms with Gasteiger partial charge in [0.15, 0.2) is 0 Å². The summed E-state index contributed by atoms with van der Waals surface area (Å²) in [6.07, 6.45) is -0.276. The quantitative estimate of drug-likeness (QED) is 0.660. The number of carbonyl (C=O) groups is 3. The first-order valence-corrected chi connectivity index (χ1v) is 10.4. The Hall–Kier alpha value is -2.68. The Morgan fingerprint density at radius 2 is 2.00 bits per heavy atom. The van der Waals surface area contributed by atoms with E-state index in [2.05, 4.69) is 10.2 Å². The Balaban J connectivity index is 1.34. The summed E-state index contributed by atoms with van der Waals surface area (Å²) in [6.45, 7) is 4.63. The Morgan fingerprint density at radius 1 is 1.27 bits per heavy atom. The maximum absolute atomic E-state index is 14.9. The Kier molecular flexibility index (Phi) is 5.64. The molecule has 1 aliphatic carbocycles. The van der Waals surface area contributed by atoms with Gasteiger partial charge in [0.05, 0.1) is 18.8 Å². The van der Waals surface area contributed by atoms with Crippen molar-refractivity contribution in [2.24, 2.45) is 17.6 Å². The van der Waals surface area contributed by atoms with Crippen LogP contribution in [0, 0.1) is 17.7 Å². The third-order valence-corrected chi connectivity index (χ3v) is 6.32. The summed E-state index contributed by atoms with van der Waals surface area (Å²) in [6, 6.07) is 4.91. The van der Waals surface area contributed by atoms with Crippen molar-refractivity contribution in [3.63, 3.8) is 0 Å². The fourth-order valence-electron chi connectivity index (χ4n) is 4.67. The number of cyclic esters (lactones) is 1. The second-order valence-electron chi connectivity index (χ2n) is 8.31. The van der Waals surface area contributed by atoms with Crippen molar-refractivity contribution >= 4 is 23.6 Å². The smallest absolute Gasteiger partial charge is 0.414 e. The molecule has 2 aliphatic heterocycles. The summed E-state index contributed by atoms with van der Waals surface area (Å²) in [4.78, 5) is 38.1. The highest BCUT2D eigenvalue weighted by molar-refractivity contribution is 5.90. The minimum absolute atomic E-state index is 0.108. The van der Waals surface area contributed by atoms with Gasteiger partial charge in [0.1, 0.15) is 11.9 Å². The summed E-state index contributed by atoms with van der Waals surface area (Å²) in [5.74, 6) is 0.271. The van der Waals surface area contributed by atoms with Gasteiger partial charge in [-0.1, -0.05) is 13.0 Å². The highest BCUT2D eigenvalue weighted by Crippen LogP contribution is 2.58. The Morgan fingerprint density at radius 3 is 2.63 bits per heavy atom. The fraction of sp³-hybridized carbons (Fsp3) is 0.571. The molecule has 0 bridgehead atoms.